The van der Waals surface area contributed by atoms with Gasteiger partial charge in [-0.25, -0.2) is 4.79 Å². The van der Waals surface area contributed by atoms with Gasteiger partial charge < -0.3 is 10.2 Å². The van der Waals surface area contributed by atoms with E-state index in [1.54, 1.807) is 30.3 Å². The first-order valence-electron chi connectivity index (χ1n) is 6.96. The molecule has 0 aromatic heterocycles. The second-order valence-corrected chi connectivity index (χ2v) is 7.19. The molecule has 2 aromatic rings. The summed E-state index contributed by atoms with van der Waals surface area (Å²) in [6.45, 7) is 0. The number of thiocarbonyl (C=S) groups is 1. The molecule has 126 valence electrons. The fourth-order valence-electron chi connectivity index (χ4n) is 2.24. The number of aromatic carboxylic acids is 1. The Bertz CT molecular complexity index is 925. The highest BCUT2D eigenvalue weighted by atomic mass is 35.5. The quantitative estimate of drug-likeness (QED) is 0.604. The van der Waals surface area contributed by atoms with Crippen LogP contribution < -0.4 is 4.90 Å². The maximum atomic E-state index is 12.6. The Balaban J connectivity index is 1.93. The minimum absolute atomic E-state index is 0.245. The van der Waals surface area contributed by atoms with Crippen LogP contribution in [0.2, 0.25) is 5.02 Å². The van der Waals surface area contributed by atoms with E-state index in [0.29, 0.717) is 19.9 Å². The number of carboxylic acids is 1. The van der Waals surface area contributed by atoms with Gasteiger partial charge in [-0.15, -0.1) is 0 Å². The number of phenols is 1. The lowest BCUT2D eigenvalue weighted by Crippen LogP contribution is -2.27. The molecule has 3 rings (SSSR count). The van der Waals surface area contributed by atoms with Crippen LogP contribution in [-0.2, 0) is 4.79 Å². The summed E-state index contributed by atoms with van der Waals surface area (Å²) in [5.74, 6) is -2.02. The van der Waals surface area contributed by atoms with E-state index in [0.717, 1.165) is 17.3 Å². The first kappa shape index (κ1) is 17.5. The fourth-order valence-corrected chi connectivity index (χ4v) is 3.67. The number of hydrogen-bond donors (Lipinski definition) is 2. The number of carbonyl (C=O) groups is 2. The molecule has 8 heteroatoms. The van der Waals surface area contributed by atoms with Gasteiger partial charge in [0.15, 0.2) is 4.32 Å². The van der Waals surface area contributed by atoms with Crippen molar-refractivity contribution in [3.63, 3.8) is 0 Å². The van der Waals surface area contributed by atoms with E-state index in [9.17, 15) is 14.7 Å². The molecule has 0 atom stereocenters. The average molecular weight is 392 g/mol. The van der Waals surface area contributed by atoms with Crippen molar-refractivity contribution >= 4 is 63.5 Å². The zero-order valence-electron chi connectivity index (χ0n) is 12.5. The summed E-state index contributed by atoms with van der Waals surface area (Å²) in [6, 6.07) is 10.9. The van der Waals surface area contributed by atoms with E-state index >= 15 is 0 Å². The lowest BCUT2D eigenvalue weighted by atomic mass is 10.1. The van der Waals surface area contributed by atoms with Crippen molar-refractivity contribution < 1.29 is 19.8 Å². The lowest BCUT2D eigenvalue weighted by Gasteiger charge is -2.15. The van der Waals surface area contributed by atoms with Gasteiger partial charge in [-0.05, 0) is 35.9 Å². The first-order valence-corrected chi connectivity index (χ1v) is 8.57. The number of amides is 1. The molecule has 2 aromatic carbocycles. The fraction of sp³-hybridized carbons (Fsp3) is 0. The van der Waals surface area contributed by atoms with Crippen LogP contribution in [0.4, 0.5) is 5.69 Å². The molecule has 0 saturated carbocycles. The second kappa shape index (κ2) is 6.87. The number of anilines is 1. The second-order valence-electron chi connectivity index (χ2n) is 5.08. The third kappa shape index (κ3) is 3.53. The number of aromatic hydroxyl groups is 1. The van der Waals surface area contributed by atoms with Gasteiger partial charge in [0.2, 0.25) is 0 Å². The topological polar surface area (TPSA) is 77.8 Å². The Kier molecular flexibility index (Phi) is 4.80. The summed E-state index contributed by atoms with van der Waals surface area (Å²) in [5.41, 5.74) is 0.865. The standard InChI is InChI=1S/C17H10ClNO4S2/c18-10-3-1-9(2-4-10)7-14-15(21)19(17(24)25-14)11-5-6-12(16(22)23)13(20)8-11/h1-8,20H,(H,22,23). The van der Waals surface area contributed by atoms with Crippen LogP contribution in [0.15, 0.2) is 47.4 Å². The molecule has 25 heavy (non-hydrogen) atoms. The average Bonchev–Trinajstić information content (AvgIpc) is 2.83. The number of carboxylic acid groups (broad SMARTS) is 1. The third-order valence-electron chi connectivity index (χ3n) is 3.43. The summed E-state index contributed by atoms with van der Waals surface area (Å²) in [4.78, 5) is 25.3. The maximum absolute atomic E-state index is 12.6. The number of rotatable bonds is 3. The van der Waals surface area contributed by atoms with Crippen LogP contribution in [0.3, 0.4) is 0 Å². The molecule has 5 nitrogen and oxygen atoms in total. The number of halogens is 1. The van der Waals surface area contributed by atoms with Crippen molar-refractivity contribution in [1.29, 1.82) is 0 Å². The molecule has 0 spiro atoms. The summed E-state index contributed by atoms with van der Waals surface area (Å²) in [5, 5.41) is 19.4. The van der Waals surface area contributed by atoms with Gasteiger partial charge in [0.1, 0.15) is 11.3 Å². The van der Waals surface area contributed by atoms with E-state index in [4.69, 9.17) is 28.9 Å². The first-order chi connectivity index (χ1) is 11.9. The molecule has 1 heterocycles. The van der Waals surface area contributed by atoms with Gasteiger partial charge in [0.05, 0.1) is 10.6 Å². The molecule has 1 aliphatic rings. The summed E-state index contributed by atoms with van der Waals surface area (Å²) in [7, 11) is 0. The number of benzene rings is 2. The molecular weight excluding hydrogens is 382 g/mol. The van der Waals surface area contributed by atoms with Gasteiger partial charge in [0.25, 0.3) is 5.91 Å². The summed E-state index contributed by atoms with van der Waals surface area (Å²) in [6.07, 6.45) is 1.70. The molecule has 2 N–H and O–H groups in total. The lowest BCUT2D eigenvalue weighted by molar-refractivity contribution is -0.113. The van der Waals surface area contributed by atoms with Crippen LogP contribution >= 0.6 is 35.6 Å². The summed E-state index contributed by atoms with van der Waals surface area (Å²) < 4.78 is 0.299. The molecule has 0 radical (unpaired) electrons. The van der Waals surface area contributed by atoms with E-state index < -0.39 is 11.7 Å². The van der Waals surface area contributed by atoms with Crippen LogP contribution in [0.25, 0.3) is 6.08 Å². The number of carbonyl (C=O) groups excluding carboxylic acids is 1. The minimum atomic E-state index is -1.25. The van der Waals surface area contributed by atoms with Crippen LogP contribution in [0.1, 0.15) is 15.9 Å². The molecular formula is C17H10ClNO4S2. The minimum Gasteiger partial charge on any atom is -0.507 e. The SMILES string of the molecule is O=C(O)c1ccc(N2C(=O)C(=Cc3ccc(Cl)cc3)SC2=S)cc1O. The Morgan fingerprint density at radius 3 is 2.48 bits per heavy atom. The van der Waals surface area contributed by atoms with Crippen LogP contribution in [0.5, 0.6) is 5.75 Å². The molecule has 0 unspecified atom stereocenters. The number of hydrogen-bond acceptors (Lipinski definition) is 5. The van der Waals surface area contributed by atoms with E-state index in [1.165, 1.54) is 23.1 Å². The normalized spacial score (nSPS) is 15.9. The smallest absolute Gasteiger partial charge is 0.339 e. The molecule has 1 aliphatic heterocycles. The molecule has 1 saturated heterocycles. The molecule has 1 fully saturated rings. The van der Waals surface area contributed by atoms with E-state index in [2.05, 4.69) is 0 Å². The molecule has 0 aliphatic carbocycles. The zero-order valence-corrected chi connectivity index (χ0v) is 14.9. The largest absolute Gasteiger partial charge is 0.507 e. The summed E-state index contributed by atoms with van der Waals surface area (Å²) >= 11 is 12.2. The van der Waals surface area contributed by atoms with E-state index in [-0.39, 0.29) is 11.5 Å². The van der Waals surface area contributed by atoms with Crippen molar-refractivity contribution in [2.75, 3.05) is 4.90 Å². The Morgan fingerprint density at radius 1 is 1.20 bits per heavy atom. The van der Waals surface area contributed by atoms with Gasteiger partial charge in [0, 0.05) is 11.1 Å². The Morgan fingerprint density at radius 2 is 1.88 bits per heavy atom. The van der Waals surface area contributed by atoms with Crippen molar-refractivity contribution in [2.45, 2.75) is 0 Å². The van der Waals surface area contributed by atoms with Crippen molar-refractivity contribution in [2.24, 2.45) is 0 Å². The van der Waals surface area contributed by atoms with Gasteiger partial charge in [-0.1, -0.05) is 47.7 Å². The predicted octanol–water partition coefficient (Wildman–Crippen LogP) is 4.15. The number of thioether (sulfide) groups is 1. The van der Waals surface area contributed by atoms with Gasteiger partial charge >= 0.3 is 5.97 Å². The van der Waals surface area contributed by atoms with Gasteiger partial charge in [-0.2, -0.15) is 0 Å². The molecule has 1 amide bonds. The third-order valence-corrected chi connectivity index (χ3v) is 4.99. The van der Waals surface area contributed by atoms with Crippen LogP contribution in [0, 0.1) is 0 Å². The number of nitrogens with zero attached hydrogens (tertiary/aromatic N) is 1. The zero-order chi connectivity index (χ0) is 18.1. The Hall–Kier alpha value is -2.35. The van der Waals surface area contributed by atoms with Gasteiger partial charge in [-0.3, -0.25) is 9.69 Å². The predicted molar refractivity (Wildman–Crippen MR) is 102 cm³/mol. The highest BCUT2D eigenvalue weighted by Gasteiger charge is 2.33. The maximum Gasteiger partial charge on any atom is 0.339 e. The van der Waals surface area contributed by atoms with Crippen molar-refractivity contribution in [1.82, 2.24) is 0 Å². The highest BCUT2D eigenvalue weighted by Crippen LogP contribution is 2.37. The molecule has 0 bridgehead atoms. The van der Waals surface area contributed by atoms with Crippen LogP contribution in [-0.4, -0.2) is 26.4 Å². The van der Waals surface area contributed by atoms with Crippen molar-refractivity contribution in [3.05, 3.63) is 63.5 Å². The Labute approximate surface area is 157 Å². The van der Waals surface area contributed by atoms with E-state index in [1.807, 2.05) is 0 Å². The van der Waals surface area contributed by atoms with Crippen molar-refractivity contribution in [3.8, 4) is 5.75 Å². The monoisotopic (exact) mass is 391 g/mol. The highest BCUT2D eigenvalue weighted by molar-refractivity contribution is 8.27.